The van der Waals surface area contributed by atoms with E-state index in [2.05, 4.69) is 32.4 Å². The lowest BCUT2D eigenvalue weighted by molar-refractivity contribution is -0.929. The molecule has 0 aliphatic rings. The average Bonchev–Trinajstić information content (AvgIpc) is 2.67. The molecule has 0 fully saturated rings. The lowest BCUT2D eigenvalue weighted by atomic mass is 10.1. The fourth-order valence-corrected chi connectivity index (χ4v) is 3.28. The Labute approximate surface area is 181 Å². The third-order valence-corrected chi connectivity index (χ3v) is 5.08. The molecule has 176 valence electrons. The summed E-state index contributed by atoms with van der Waals surface area (Å²) in [6.07, 6.45) is 13.2. The maximum absolute atomic E-state index is 10.7. The third-order valence-electron chi connectivity index (χ3n) is 5.08. The van der Waals surface area contributed by atoms with Gasteiger partial charge in [0.2, 0.25) is 0 Å². The Kier molecular flexibility index (Phi) is 26.3. The molecule has 0 unspecified atom stereocenters. The minimum atomic E-state index is -0.411. The number of esters is 2. The van der Waals surface area contributed by atoms with Crippen LogP contribution in [0.2, 0.25) is 0 Å². The molecular weight excluding hydrogens is 366 g/mol. The van der Waals surface area contributed by atoms with Crippen molar-refractivity contribution in [3.05, 3.63) is 0 Å². The smallest absolute Gasteiger partial charge is 0.313 e. The van der Waals surface area contributed by atoms with Crippen molar-refractivity contribution < 1.29 is 24.3 Å². The highest BCUT2D eigenvalue weighted by molar-refractivity contribution is 5.85. The Morgan fingerprint density at radius 3 is 1.03 bits per heavy atom. The van der Waals surface area contributed by atoms with Gasteiger partial charge in [-0.2, -0.15) is 0 Å². The summed E-state index contributed by atoms with van der Waals surface area (Å²) in [5.74, 6) is -0.822. The Balaban J connectivity index is -0.000000491. The van der Waals surface area contributed by atoms with Crippen molar-refractivity contribution in [3.63, 3.8) is 0 Å². The predicted molar refractivity (Wildman–Crippen MR) is 122 cm³/mol. The molecule has 5 nitrogen and oxygen atoms in total. The number of carbonyl (C=O) groups is 2. The average molecular weight is 418 g/mol. The van der Waals surface area contributed by atoms with Crippen LogP contribution >= 0.6 is 0 Å². The Morgan fingerprint density at radius 1 is 0.552 bits per heavy atom. The highest BCUT2D eigenvalue weighted by Gasteiger charge is 2.24. The second-order valence-corrected chi connectivity index (χ2v) is 8.00. The second kappa shape index (κ2) is 23.3. The number of carbonyl (C=O) groups excluding carboxylic acids is 2. The monoisotopic (exact) mass is 417 g/mol. The molecule has 0 bridgehead atoms. The summed E-state index contributed by atoms with van der Waals surface area (Å²) >= 11 is 0. The van der Waals surface area contributed by atoms with Gasteiger partial charge >= 0.3 is 11.9 Å². The summed E-state index contributed by atoms with van der Waals surface area (Å²) in [6.45, 7) is 18.8. The first-order chi connectivity index (χ1) is 13.4. The number of hydrogen-bond acceptors (Lipinski definition) is 4. The van der Waals surface area contributed by atoms with Crippen molar-refractivity contribution in [2.45, 2.75) is 119 Å². The van der Waals surface area contributed by atoms with E-state index in [1.807, 2.05) is 13.8 Å². The van der Waals surface area contributed by atoms with Crippen molar-refractivity contribution in [1.29, 1.82) is 0 Å². The minimum absolute atomic E-state index is 0. The van der Waals surface area contributed by atoms with Gasteiger partial charge in [-0.05, 0) is 38.5 Å². The van der Waals surface area contributed by atoms with E-state index >= 15 is 0 Å². The minimum Gasteiger partial charge on any atom is -0.870 e. The van der Waals surface area contributed by atoms with E-state index in [0.29, 0.717) is 12.8 Å². The topological polar surface area (TPSA) is 73.4 Å². The molecule has 0 aromatic heterocycles. The van der Waals surface area contributed by atoms with Crippen molar-refractivity contribution in [3.8, 4) is 0 Å². The summed E-state index contributed by atoms with van der Waals surface area (Å²) in [4.78, 5) is 21.4. The molecule has 0 rings (SSSR count). The molecule has 0 amide bonds. The van der Waals surface area contributed by atoms with E-state index in [4.69, 9.17) is 0 Å². The summed E-state index contributed by atoms with van der Waals surface area (Å²) in [6, 6.07) is 0. The number of ether oxygens (including phenoxy) is 1. The summed E-state index contributed by atoms with van der Waals surface area (Å²) < 4.78 is 5.87. The highest BCUT2D eigenvalue weighted by atomic mass is 16.6. The van der Waals surface area contributed by atoms with E-state index in [-0.39, 0.29) is 5.48 Å². The van der Waals surface area contributed by atoms with Crippen molar-refractivity contribution in [2.75, 3.05) is 26.2 Å². The molecule has 0 heterocycles. The van der Waals surface area contributed by atoms with Gasteiger partial charge in [-0.15, -0.1) is 0 Å². The van der Waals surface area contributed by atoms with E-state index < -0.39 is 11.9 Å². The highest BCUT2D eigenvalue weighted by Crippen LogP contribution is 2.16. The zero-order valence-electron chi connectivity index (χ0n) is 20.4. The van der Waals surface area contributed by atoms with Crippen LogP contribution in [-0.4, -0.2) is 48.1 Å². The maximum Gasteiger partial charge on any atom is 0.313 e. The molecular formula is C24H51NO4. The molecule has 0 atom stereocenters. The molecule has 5 heteroatoms. The molecule has 0 aliphatic carbocycles. The summed E-state index contributed by atoms with van der Waals surface area (Å²) in [5, 5.41) is 0. The Hall–Kier alpha value is -0.940. The van der Waals surface area contributed by atoms with Gasteiger partial charge in [-0.1, -0.05) is 67.2 Å². The van der Waals surface area contributed by atoms with Gasteiger partial charge in [0.05, 0.1) is 26.2 Å². The lowest BCUT2D eigenvalue weighted by Gasteiger charge is -2.39. The van der Waals surface area contributed by atoms with Crippen molar-refractivity contribution in [1.82, 2.24) is 0 Å². The number of hydrogen-bond donors (Lipinski definition) is 0. The van der Waals surface area contributed by atoms with Crippen LogP contribution in [-0.2, 0) is 14.3 Å². The van der Waals surface area contributed by atoms with E-state index in [1.165, 1.54) is 82.0 Å². The number of nitrogens with zero attached hydrogens (tertiary/aromatic N) is 1. The lowest BCUT2D eigenvalue weighted by Crippen LogP contribution is -2.50. The van der Waals surface area contributed by atoms with Crippen LogP contribution in [0.3, 0.4) is 0 Å². The molecule has 0 saturated heterocycles. The van der Waals surface area contributed by atoms with Crippen LogP contribution in [0, 0.1) is 0 Å². The second-order valence-electron chi connectivity index (χ2n) is 8.00. The van der Waals surface area contributed by atoms with Gasteiger partial charge in [0.25, 0.3) is 0 Å². The van der Waals surface area contributed by atoms with Crippen molar-refractivity contribution in [2.24, 2.45) is 0 Å². The quantitative estimate of drug-likeness (QED) is 0.163. The first-order valence-corrected chi connectivity index (χ1v) is 12.0. The fraction of sp³-hybridized carbons (Fsp3) is 0.917. The summed E-state index contributed by atoms with van der Waals surface area (Å²) in [5.41, 5.74) is 0. The van der Waals surface area contributed by atoms with Gasteiger partial charge in [0.1, 0.15) is 0 Å². The molecule has 0 aromatic rings. The normalized spacial score (nSPS) is 10.6. The zero-order valence-corrected chi connectivity index (χ0v) is 20.4. The van der Waals surface area contributed by atoms with E-state index in [0.717, 1.165) is 12.8 Å². The van der Waals surface area contributed by atoms with Crippen molar-refractivity contribution >= 4 is 11.9 Å². The van der Waals surface area contributed by atoms with E-state index in [1.54, 1.807) is 0 Å². The van der Waals surface area contributed by atoms with Crippen LogP contribution in [0.5, 0.6) is 0 Å². The fourth-order valence-electron chi connectivity index (χ4n) is 3.28. The standard InChI is InChI=1S/C16H36N.C8H14O3.H2O/c1-5-9-13-17(14-10-6-2,15-11-7-3)16-12-8-4;1-3-5-7(9)11-8(10)6-4-2;/h5-16H2,1-4H3;3-6H2,1-2H3;1H2/q+1;;/p-1. The Morgan fingerprint density at radius 2 is 0.828 bits per heavy atom. The van der Waals surface area contributed by atoms with Crippen LogP contribution in [0.4, 0.5) is 0 Å². The first kappa shape index (κ1) is 32.7. The van der Waals surface area contributed by atoms with Gasteiger partial charge < -0.3 is 14.7 Å². The molecule has 0 radical (unpaired) electrons. The van der Waals surface area contributed by atoms with Crippen LogP contribution in [0.25, 0.3) is 0 Å². The summed E-state index contributed by atoms with van der Waals surface area (Å²) in [7, 11) is 0. The first-order valence-electron chi connectivity index (χ1n) is 12.0. The van der Waals surface area contributed by atoms with Crippen LogP contribution in [0.15, 0.2) is 0 Å². The van der Waals surface area contributed by atoms with Crippen LogP contribution < -0.4 is 0 Å². The number of rotatable bonds is 16. The van der Waals surface area contributed by atoms with Gasteiger partial charge in [0, 0.05) is 12.8 Å². The van der Waals surface area contributed by atoms with Gasteiger partial charge in [-0.3, -0.25) is 9.59 Å². The van der Waals surface area contributed by atoms with Gasteiger partial charge in [0.15, 0.2) is 0 Å². The molecule has 0 saturated carbocycles. The molecule has 0 spiro atoms. The molecule has 1 N–H and O–H groups in total. The molecule has 29 heavy (non-hydrogen) atoms. The SMILES string of the molecule is CCCC(=O)OC(=O)CCC.CCCC[N+](CCCC)(CCCC)CCCC.[OH-]. The maximum atomic E-state index is 10.7. The molecule has 0 aliphatic heterocycles. The zero-order chi connectivity index (χ0) is 21.7. The van der Waals surface area contributed by atoms with E-state index in [9.17, 15) is 9.59 Å². The number of quaternary nitrogens is 1. The van der Waals surface area contributed by atoms with Crippen LogP contribution in [0.1, 0.15) is 119 Å². The largest absolute Gasteiger partial charge is 0.870 e. The third kappa shape index (κ3) is 20.1. The predicted octanol–water partition coefficient (Wildman–Crippen LogP) is 6.48. The Bertz CT molecular complexity index is 318. The molecule has 0 aromatic carbocycles. The van der Waals surface area contributed by atoms with Gasteiger partial charge in [-0.25, -0.2) is 0 Å². The number of unbranched alkanes of at least 4 members (excludes halogenated alkanes) is 4.